The molecule has 1 amide bonds. The Bertz CT molecular complexity index is 1170. The maximum atomic E-state index is 13.5. The van der Waals surface area contributed by atoms with Crippen molar-refractivity contribution in [3.8, 4) is 0 Å². The zero-order chi connectivity index (χ0) is 20.5. The number of carbonyl (C=O) groups excluding carboxylic acids is 1. The van der Waals surface area contributed by atoms with E-state index in [0.29, 0.717) is 27.3 Å². The van der Waals surface area contributed by atoms with Gasteiger partial charge in [0.25, 0.3) is 5.91 Å². The van der Waals surface area contributed by atoms with Gasteiger partial charge in [-0.1, -0.05) is 64.9 Å². The molecule has 4 rings (SSSR count). The molecule has 0 aliphatic carbocycles. The lowest BCUT2D eigenvalue weighted by Crippen LogP contribution is -2.30. The van der Waals surface area contributed by atoms with Crippen LogP contribution in [0.4, 0.5) is 5.13 Å². The molecule has 0 aliphatic heterocycles. The van der Waals surface area contributed by atoms with Gasteiger partial charge in [0.2, 0.25) is 0 Å². The van der Waals surface area contributed by atoms with Gasteiger partial charge in [-0.15, -0.1) is 0 Å². The second-order valence-electron chi connectivity index (χ2n) is 6.90. The summed E-state index contributed by atoms with van der Waals surface area (Å²) in [5.41, 5.74) is 4.68. The number of nitrogens with zero attached hydrogens (tertiary/aromatic N) is 2. The summed E-state index contributed by atoms with van der Waals surface area (Å²) in [5, 5.41) is 1.46. The number of thiazole rings is 1. The zero-order valence-corrected chi connectivity index (χ0v) is 18.3. The summed E-state index contributed by atoms with van der Waals surface area (Å²) in [7, 11) is 0. The first-order valence-electron chi connectivity index (χ1n) is 9.11. The van der Waals surface area contributed by atoms with Crippen molar-refractivity contribution in [2.75, 3.05) is 4.90 Å². The molecule has 1 heterocycles. The largest absolute Gasteiger partial charge is 0.279 e. The summed E-state index contributed by atoms with van der Waals surface area (Å²) in [5.74, 6) is -0.206. The van der Waals surface area contributed by atoms with Gasteiger partial charge in [-0.05, 0) is 60.9 Å². The van der Waals surface area contributed by atoms with Gasteiger partial charge in [-0.25, -0.2) is 4.98 Å². The summed E-state index contributed by atoms with van der Waals surface area (Å²) in [6.07, 6.45) is 0. The lowest BCUT2D eigenvalue weighted by Gasteiger charge is -2.20. The predicted molar refractivity (Wildman–Crippen MR) is 123 cm³/mol. The van der Waals surface area contributed by atoms with Gasteiger partial charge >= 0.3 is 0 Å². The van der Waals surface area contributed by atoms with Crippen LogP contribution in [0.1, 0.15) is 27.0 Å². The molecule has 146 valence electrons. The molecule has 0 aliphatic rings. The van der Waals surface area contributed by atoms with Gasteiger partial charge < -0.3 is 0 Å². The van der Waals surface area contributed by atoms with Crippen LogP contribution in [0.2, 0.25) is 10.0 Å². The second-order valence-corrected chi connectivity index (χ2v) is 8.75. The molecule has 29 heavy (non-hydrogen) atoms. The van der Waals surface area contributed by atoms with Crippen LogP contribution in [0, 0.1) is 13.8 Å². The fourth-order valence-electron chi connectivity index (χ4n) is 3.08. The quantitative estimate of drug-likeness (QED) is 0.339. The van der Waals surface area contributed by atoms with Crippen LogP contribution in [0.25, 0.3) is 10.2 Å². The minimum absolute atomic E-state index is 0.206. The number of hydrogen-bond acceptors (Lipinski definition) is 3. The molecule has 0 unspecified atom stereocenters. The van der Waals surface area contributed by atoms with Crippen molar-refractivity contribution in [1.29, 1.82) is 0 Å². The van der Waals surface area contributed by atoms with Gasteiger partial charge in [0.05, 0.1) is 27.3 Å². The molecule has 6 heteroatoms. The number of benzene rings is 3. The van der Waals surface area contributed by atoms with Crippen LogP contribution in [0.15, 0.2) is 60.7 Å². The van der Waals surface area contributed by atoms with Gasteiger partial charge in [-0.2, -0.15) is 0 Å². The second kappa shape index (κ2) is 8.15. The van der Waals surface area contributed by atoms with Crippen LogP contribution in [-0.4, -0.2) is 10.9 Å². The highest BCUT2D eigenvalue weighted by Gasteiger charge is 2.24. The van der Waals surface area contributed by atoms with E-state index in [1.54, 1.807) is 23.1 Å². The fourth-order valence-corrected chi connectivity index (χ4v) is 4.62. The monoisotopic (exact) mass is 440 g/mol. The number of hydrogen-bond donors (Lipinski definition) is 0. The van der Waals surface area contributed by atoms with Crippen molar-refractivity contribution in [3.05, 3.63) is 93.0 Å². The highest BCUT2D eigenvalue weighted by atomic mass is 35.5. The molecule has 1 aromatic heterocycles. The van der Waals surface area contributed by atoms with Gasteiger partial charge in [-0.3, -0.25) is 9.69 Å². The number of halogens is 2. The molecule has 4 aromatic rings. The SMILES string of the molecule is Cc1cc2nc(N(Cc3ccccc3)C(=O)c3ccc(Cl)cc3Cl)sc2cc1C. The molecule has 3 aromatic carbocycles. The molecule has 0 atom stereocenters. The van der Waals surface area contributed by atoms with Gasteiger partial charge in [0.1, 0.15) is 0 Å². The van der Waals surface area contributed by atoms with Crippen molar-refractivity contribution in [2.24, 2.45) is 0 Å². The normalized spacial score (nSPS) is 11.0. The Morgan fingerprint density at radius 1 is 1.00 bits per heavy atom. The van der Waals surface area contributed by atoms with E-state index in [1.807, 2.05) is 30.3 Å². The Morgan fingerprint density at radius 2 is 1.72 bits per heavy atom. The van der Waals surface area contributed by atoms with E-state index in [4.69, 9.17) is 28.2 Å². The average Bonchev–Trinajstić information content (AvgIpc) is 3.09. The summed E-state index contributed by atoms with van der Waals surface area (Å²) in [4.78, 5) is 19.9. The zero-order valence-electron chi connectivity index (χ0n) is 15.9. The molecular formula is C23H18Cl2N2OS. The van der Waals surface area contributed by atoms with Crippen molar-refractivity contribution in [2.45, 2.75) is 20.4 Å². The molecular weight excluding hydrogens is 423 g/mol. The third-order valence-corrected chi connectivity index (χ3v) is 6.40. The third-order valence-electron chi connectivity index (χ3n) is 4.81. The smallest absolute Gasteiger partial charge is 0.261 e. The van der Waals surface area contributed by atoms with Crippen LogP contribution in [0.3, 0.4) is 0 Å². The molecule has 0 saturated carbocycles. The van der Waals surface area contributed by atoms with E-state index in [9.17, 15) is 4.79 Å². The van der Waals surface area contributed by atoms with Crippen LogP contribution in [-0.2, 0) is 6.54 Å². The number of aromatic nitrogens is 1. The Hall–Kier alpha value is -2.40. The third kappa shape index (κ3) is 4.15. The lowest BCUT2D eigenvalue weighted by molar-refractivity contribution is 0.0985. The highest BCUT2D eigenvalue weighted by molar-refractivity contribution is 7.22. The molecule has 0 N–H and O–H groups in total. The number of rotatable bonds is 4. The first-order valence-corrected chi connectivity index (χ1v) is 10.7. The molecule has 0 spiro atoms. The maximum absolute atomic E-state index is 13.5. The summed E-state index contributed by atoms with van der Waals surface area (Å²) in [6.45, 7) is 4.54. The average molecular weight is 441 g/mol. The molecule has 0 radical (unpaired) electrons. The standard InChI is InChI=1S/C23H18Cl2N2OS/c1-14-10-20-21(11-15(14)2)29-23(26-20)27(13-16-6-4-3-5-7-16)22(28)18-9-8-17(24)12-19(18)25/h3-12H,13H2,1-2H3. The predicted octanol–water partition coefficient (Wildman–Crippen LogP) is 7.07. The summed E-state index contributed by atoms with van der Waals surface area (Å²) >= 11 is 13.8. The molecule has 0 bridgehead atoms. The minimum Gasteiger partial charge on any atom is -0.279 e. The van der Waals surface area contributed by atoms with Crippen LogP contribution < -0.4 is 4.90 Å². The van der Waals surface area contributed by atoms with E-state index < -0.39 is 0 Å². The van der Waals surface area contributed by atoms with E-state index in [2.05, 4.69) is 26.0 Å². The Balaban J connectivity index is 1.80. The number of anilines is 1. The van der Waals surface area contributed by atoms with Crippen molar-refractivity contribution in [3.63, 3.8) is 0 Å². The van der Waals surface area contributed by atoms with Crippen molar-refractivity contribution >= 4 is 55.8 Å². The number of amides is 1. The minimum atomic E-state index is -0.206. The number of carbonyl (C=O) groups is 1. The Kier molecular flexibility index (Phi) is 5.59. The van der Waals surface area contributed by atoms with Crippen LogP contribution in [0.5, 0.6) is 0 Å². The van der Waals surface area contributed by atoms with E-state index >= 15 is 0 Å². The first-order chi connectivity index (χ1) is 13.9. The summed E-state index contributed by atoms with van der Waals surface area (Å²) < 4.78 is 1.05. The number of aryl methyl sites for hydroxylation is 2. The first kappa shape index (κ1) is 19.9. The van der Waals surface area contributed by atoms with Gasteiger partial charge in [0.15, 0.2) is 5.13 Å². The molecule has 0 saturated heterocycles. The summed E-state index contributed by atoms with van der Waals surface area (Å²) in [6, 6.07) is 18.9. The lowest BCUT2D eigenvalue weighted by atomic mass is 10.1. The van der Waals surface area contributed by atoms with Gasteiger partial charge in [0, 0.05) is 5.02 Å². The van der Waals surface area contributed by atoms with Crippen LogP contribution >= 0.6 is 34.5 Å². The van der Waals surface area contributed by atoms with Crippen molar-refractivity contribution in [1.82, 2.24) is 4.98 Å². The van der Waals surface area contributed by atoms with E-state index in [0.717, 1.165) is 15.8 Å². The molecule has 3 nitrogen and oxygen atoms in total. The maximum Gasteiger partial charge on any atom is 0.261 e. The van der Waals surface area contributed by atoms with E-state index in [-0.39, 0.29) is 5.91 Å². The Morgan fingerprint density at radius 3 is 2.45 bits per heavy atom. The van der Waals surface area contributed by atoms with E-state index in [1.165, 1.54) is 22.5 Å². The van der Waals surface area contributed by atoms with Crippen molar-refractivity contribution < 1.29 is 4.79 Å². The topological polar surface area (TPSA) is 33.2 Å². The fraction of sp³-hybridized carbons (Fsp3) is 0.130. The Labute approximate surface area is 183 Å². The highest BCUT2D eigenvalue weighted by Crippen LogP contribution is 2.33. The molecule has 0 fully saturated rings. The number of fused-ring (bicyclic) bond motifs is 1.